The largest absolute Gasteiger partial charge is 0.481 e. The third-order valence-electron chi connectivity index (χ3n) is 3.40. The highest BCUT2D eigenvalue weighted by atomic mass is 16.5. The lowest BCUT2D eigenvalue weighted by atomic mass is 10.0. The van der Waals surface area contributed by atoms with Gasteiger partial charge in [0.25, 0.3) is 0 Å². The first-order valence-corrected chi connectivity index (χ1v) is 7.26. The van der Waals surface area contributed by atoms with E-state index in [1.165, 1.54) is 4.90 Å². The molecule has 0 spiro atoms. The molecule has 2 atom stereocenters. The smallest absolute Gasteiger partial charge is 0.311 e. The Hall–Kier alpha value is -1.63. The van der Waals surface area contributed by atoms with E-state index < -0.39 is 23.9 Å². The molecule has 0 radical (unpaired) electrons. The Bertz CT molecular complexity index is 384. The Morgan fingerprint density at radius 2 is 1.95 bits per heavy atom. The van der Waals surface area contributed by atoms with Crippen LogP contribution < -0.4 is 0 Å². The number of carboxylic acids is 1. The van der Waals surface area contributed by atoms with Gasteiger partial charge in [0, 0.05) is 13.0 Å². The third kappa shape index (κ3) is 5.00. The van der Waals surface area contributed by atoms with E-state index in [9.17, 15) is 19.5 Å². The second kappa shape index (κ2) is 8.61. The molecule has 1 aliphatic heterocycles. The van der Waals surface area contributed by atoms with E-state index in [0.29, 0.717) is 13.0 Å². The molecule has 2 unspecified atom stereocenters. The Morgan fingerprint density at radius 3 is 2.52 bits per heavy atom. The number of esters is 1. The monoisotopic (exact) mass is 301 g/mol. The van der Waals surface area contributed by atoms with Crippen molar-refractivity contribution in [2.24, 2.45) is 5.92 Å². The van der Waals surface area contributed by atoms with Gasteiger partial charge in [-0.25, -0.2) is 0 Å². The second-order valence-corrected chi connectivity index (χ2v) is 4.94. The molecule has 7 nitrogen and oxygen atoms in total. The summed E-state index contributed by atoms with van der Waals surface area (Å²) in [4.78, 5) is 36.3. The van der Waals surface area contributed by atoms with Gasteiger partial charge in [0.2, 0.25) is 5.91 Å². The molecule has 1 fully saturated rings. The fraction of sp³-hybridized carbons (Fsp3) is 0.786. The van der Waals surface area contributed by atoms with Gasteiger partial charge in [0.05, 0.1) is 32.3 Å². The minimum Gasteiger partial charge on any atom is -0.481 e. The molecule has 1 N–H and O–H groups in total. The Labute approximate surface area is 124 Å². The van der Waals surface area contributed by atoms with E-state index in [4.69, 9.17) is 9.47 Å². The zero-order valence-corrected chi connectivity index (χ0v) is 12.5. The molecule has 7 heteroatoms. The molecule has 0 aromatic heterocycles. The zero-order valence-electron chi connectivity index (χ0n) is 12.5. The lowest BCUT2D eigenvalue weighted by molar-refractivity contribution is -0.148. The Morgan fingerprint density at radius 1 is 1.24 bits per heavy atom. The zero-order chi connectivity index (χ0) is 15.8. The highest BCUT2D eigenvalue weighted by Crippen LogP contribution is 2.21. The van der Waals surface area contributed by atoms with Gasteiger partial charge in [-0.15, -0.1) is 0 Å². The molecule has 0 saturated carbocycles. The number of aliphatic carboxylic acids is 1. The van der Waals surface area contributed by atoms with E-state index in [-0.39, 0.29) is 38.6 Å². The van der Waals surface area contributed by atoms with E-state index in [0.717, 1.165) is 0 Å². The summed E-state index contributed by atoms with van der Waals surface area (Å²) >= 11 is 0. The summed E-state index contributed by atoms with van der Waals surface area (Å²) < 4.78 is 9.99. The molecule has 1 heterocycles. The Balaban J connectivity index is 2.65. The average Bonchev–Trinajstić information content (AvgIpc) is 2.91. The van der Waals surface area contributed by atoms with Gasteiger partial charge in [-0.1, -0.05) is 6.92 Å². The minimum absolute atomic E-state index is 0.0121. The van der Waals surface area contributed by atoms with Crippen LogP contribution in [0.2, 0.25) is 0 Å². The van der Waals surface area contributed by atoms with Crippen molar-refractivity contribution < 1.29 is 29.0 Å². The van der Waals surface area contributed by atoms with Gasteiger partial charge >= 0.3 is 11.9 Å². The van der Waals surface area contributed by atoms with Crippen LogP contribution in [0.5, 0.6) is 0 Å². The van der Waals surface area contributed by atoms with E-state index >= 15 is 0 Å². The SMILES string of the molecule is CCCN(C(=O)CCC(=O)OCC)C1COCC1C(=O)O. The molecule has 0 aliphatic carbocycles. The van der Waals surface area contributed by atoms with Gasteiger partial charge in [0.1, 0.15) is 5.92 Å². The van der Waals surface area contributed by atoms with Crippen LogP contribution in [-0.2, 0) is 23.9 Å². The van der Waals surface area contributed by atoms with Crippen molar-refractivity contribution in [3.8, 4) is 0 Å². The van der Waals surface area contributed by atoms with Crippen molar-refractivity contribution in [3.05, 3.63) is 0 Å². The highest BCUT2D eigenvalue weighted by molar-refractivity contribution is 5.82. The van der Waals surface area contributed by atoms with Crippen molar-refractivity contribution in [1.29, 1.82) is 0 Å². The third-order valence-corrected chi connectivity index (χ3v) is 3.40. The maximum absolute atomic E-state index is 12.3. The van der Waals surface area contributed by atoms with E-state index in [2.05, 4.69) is 0 Å². The summed E-state index contributed by atoms with van der Waals surface area (Å²) in [5.41, 5.74) is 0. The van der Waals surface area contributed by atoms with Crippen LogP contribution in [0, 0.1) is 5.92 Å². The van der Waals surface area contributed by atoms with Gasteiger partial charge in [-0.3, -0.25) is 14.4 Å². The quantitative estimate of drug-likeness (QED) is 0.662. The number of hydrogen-bond acceptors (Lipinski definition) is 5. The first kappa shape index (κ1) is 17.4. The van der Waals surface area contributed by atoms with Crippen LogP contribution in [0.3, 0.4) is 0 Å². The molecule has 0 aromatic carbocycles. The van der Waals surface area contributed by atoms with Crippen LogP contribution in [0.4, 0.5) is 0 Å². The van der Waals surface area contributed by atoms with E-state index in [1.54, 1.807) is 6.92 Å². The number of nitrogens with zero attached hydrogens (tertiary/aromatic N) is 1. The predicted molar refractivity (Wildman–Crippen MR) is 73.6 cm³/mol. The summed E-state index contributed by atoms with van der Waals surface area (Å²) in [7, 11) is 0. The standard InChI is InChI=1S/C14H23NO6/c1-3-7-15(11-9-20-8-10(11)14(18)19)12(16)5-6-13(17)21-4-2/h10-11H,3-9H2,1-2H3,(H,18,19). The lowest BCUT2D eigenvalue weighted by Crippen LogP contribution is -2.47. The summed E-state index contributed by atoms with van der Waals surface area (Å²) in [5, 5.41) is 9.18. The average molecular weight is 301 g/mol. The van der Waals surface area contributed by atoms with Crippen molar-refractivity contribution in [3.63, 3.8) is 0 Å². The number of ether oxygens (including phenoxy) is 2. The molecule has 1 aliphatic rings. The van der Waals surface area contributed by atoms with Crippen molar-refractivity contribution in [1.82, 2.24) is 4.90 Å². The predicted octanol–water partition coefficient (Wildman–Crippen LogP) is 0.668. The normalized spacial score (nSPS) is 21.0. The van der Waals surface area contributed by atoms with Crippen molar-refractivity contribution >= 4 is 17.8 Å². The number of rotatable bonds is 8. The minimum atomic E-state index is -0.961. The lowest BCUT2D eigenvalue weighted by Gasteiger charge is -2.30. The molecule has 0 aromatic rings. The fourth-order valence-corrected chi connectivity index (χ4v) is 2.39. The van der Waals surface area contributed by atoms with Gasteiger partial charge in [-0.2, -0.15) is 0 Å². The first-order chi connectivity index (χ1) is 10.0. The highest BCUT2D eigenvalue weighted by Gasteiger charge is 2.39. The molecular formula is C14H23NO6. The summed E-state index contributed by atoms with van der Waals surface area (Å²) in [5.74, 6) is -2.31. The molecule has 1 amide bonds. The summed E-state index contributed by atoms with van der Waals surface area (Å²) in [6.45, 7) is 4.70. The van der Waals surface area contributed by atoms with Gasteiger partial charge in [0.15, 0.2) is 0 Å². The summed E-state index contributed by atoms with van der Waals surface area (Å²) in [6, 6.07) is -0.461. The van der Waals surface area contributed by atoms with Crippen LogP contribution >= 0.6 is 0 Å². The molecule has 0 bridgehead atoms. The molecule has 1 saturated heterocycles. The number of hydrogen-bond donors (Lipinski definition) is 1. The maximum Gasteiger partial charge on any atom is 0.311 e. The topological polar surface area (TPSA) is 93.1 Å². The fourth-order valence-electron chi connectivity index (χ4n) is 2.39. The molecule has 21 heavy (non-hydrogen) atoms. The molecular weight excluding hydrogens is 278 g/mol. The number of amides is 1. The summed E-state index contributed by atoms with van der Waals surface area (Å²) in [6.07, 6.45) is 0.758. The van der Waals surface area contributed by atoms with Crippen LogP contribution in [0.15, 0.2) is 0 Å². The number of carbonyl (C=O) groups excluding carboxylic acids is 2. The first-order valence-electron chi connectivity index (χ1n) is 7.26. The second-order valence-electron chi connectivity index (χ2n) is 4.94. The number of carbonyl (C=O) groups is 3. The maximum atomic E-state index is 12.3. The van der Waals surface area contributed by atoms with E-state index in [1.807, 2.05) is 6.92 Å². The van der Waals surface area contributed by atoms with Gasteiger partial charge < -0.3 is 19.5 Å². The molecule has 120 valence electrons. The van der Waals surface area contributed by atoms with Crippen LogP contribution in [0.1, 0.15) is 33.1 Å². The van der Waals surface area contributed by atoms with Crippen LogP contribution in [-0.4, -0.2) is 60.3 Å². The van der Waals surface area contributed by atoms with Crippen molar-refractivity contribution in [2.75, 3.05) is 26.4 Å². The van der Waals surface area contributed by atoms with Crippen molar-refractivity contribution in [2.45, 2.75) is 39.2 Å². The number of carboxylic acid groups (broad SMARTS) is 1. The molecule has 1 rings (SSSR count). The van der Waals surface area contributed by atoms with Gasteiger partial charge in [-0.05, 0) is 13.3 Å². The van der Waals surface area contributed by atoms with Crippen LogP contribution in [0.25, 0.3) is 0 Å². The Kier molecular flexibility index (Phi) is 7.14.